The first kappa shape index (κ1) is 11.1. The number of carbonyl (C=O) groups is 1. The molecule has 0 aliphatic heterocycles. The number of aromatic amines is 1. The second kappa shape index (κ2) is 5.12. The number of hydrogen-bond donors (Lipinski definition) is 2. The van der Waals surface area contributed by atoms with Crippen LogP contribution in [0, 0.1) is 0 Å². The monoisotopic (exact) mass is 227 g/mol. The van der Waals surface area contributed by atoms with Gasteiger partial charge in [0.25, 0.3) is 0 Å². The van der Waals surface area contributed by atoms with Crippen molar-refractivity contribution >= 4 is 11.6 Å². The smallest absolute Gasteiger partial charge is 0.248 e. The molecule has 0 spiro atoms. The van der Waals surface area contributed by atoms with Crippen molar-refractivity contribution in [3.8, 4) is 11.4 Å². The van der Waals surface area contributed by atoms with Gasteiger partial charge in [-0.2, -0.15) is 0 Å². The first-order valence-corrected chi connectivity index (χ1v) is 5.33. The molecular formula is C13H13N3O. The molecule has 1 heterocycles. The summed E-state index contributed by atoms with van der Waals surface area (Å²) in [4.78, 5) is 18.5. The number of hydrogen-bond acceptors (Lipinski definition) is 2. The average molecular weight is 227 g/mol. The third-order valence-electron chi connectivity index (χ3n) is 2.24. The number of rotatable bonds is 3. The highest BCUT2D eigenvalue weighted by atomic mass is 16.1. The van der Waals surface area contributed by atoms with E-state index >= 15 is 0 Å². The third kappa shape index (κ3) is 2.81. The molecule has 1 aromatic carbocycles. The van der Waals surface area contributed by atoms with Crippen molar-refractivity contribution in [1.82, 2.24) is 9.97 Å². The summed E-state index contributed by atoms with van der Waals surface area (Å²) in [6.45, 7) is 1.81. The maximum atomic E-state index is 11.3. The number of benzene rings is 1. The zero-order valence-electron chi connectivity index (χ0n) is 9.47. The minimum absolute atomic E-state index is 0.127. The van der Waals surface area contributed by atoms with Gasteiger partial charge in [-0.15, -0.1) is 0 Å². The highest BCUT2D eigenvalue weighted by Crippen LogP contribution is 2.17. The molecule has 0 fully saturated rings. The zero-order chi connectivity index (χ0) is 12.1. The molecular weight excluding hydrogens is 214 g/mol. The highest BCUT2D eigenvalue weighted by Gasteiger charge is 2.00. The molecule has 1 amide bonds. The van der Waals surface area contributed by atoms with Crippen LogP contribution in [0.5, 0.6) is 0 Å². The van der Waals surface area contributed by atoms with Crippen LogP contribution in [0.2, 0.25) is 0 Å². The second-order valence-corrected chi connectivity index (χ2v) is 3.50. The van der Waals surface area contributed by atoms with Crippen LogP contribution in [0.25, 0.3) is 11.4 Å². The maximum absolute atomic E-state index is 11.3. The number of aromatic nitrogens is 2. The van der Waals surface area contributed by atoms with Crippen molar-refractivity contribution < 1.29 is 4.79 Å². The number of amides is 1. The number of nitrogens with zero attached hydrogens (tertiary/aromatic N) is 1. The average Bonchev–Trinajstić information content (AvgIpc) is 2.84. The largest absolute Gasteiger partial charge is 0.345 e. The number of anilines is 1. The lowest BCUT2D eigenvalue weighted by Gasteiger charge is -2.03. The Kier molecular flexibility index (Phi) is 3.35. The van der Waals surface area contributed by atoms with E-state index in [4.69, 9.17) is 0 Å². The van der Waals surface area contributed by atoms with Crippen molar-refractivity contribution in [3.63, 3.8) is 0 Å². The fourth-order valence-corrected chi connectivity index (χ4v) is 1.47. The predicted molar refractivity (Wildman–Crippen MR) is 67.5 cm³/mol. The van der Waals surface area contributed by atoms with Crippen molar-refractivity contribution in [1.29, 1.82) is 0 Å². The molecule has 0 bridgehead atoms. The molecule has 2 rings (SSSR count). The summed E-state index contributed by atoms with van der Waals surface area (Å²) < 4.78 is 0. The molecule has 2 aromatic rings. The Bertz CT molecular complexity index is 512. The lowest BCUT2D eigenvalue weighted by molar-refractivity contribution is -0.111. The second-order valence-electron chi connectivity index (χ2n) is 3.50. The van der Waals surface area contributed by atoms with Gasteiger partial charge in [-0.3, -0.25) is 4.79 Å². The Morgan fingerprint density at radius 2 is 2.12 bits per heavy atom. The summed E-state index contributed by atoms with van der Waals surface area (Å²) in [6, 6.07) is 7.51. The molecule has 2 N–H and O–H groups in total. The molecule has 86 valence electrons. The van der Waals surface area contributed by atoms with Gasteiger partial charge in [0.05, 0.1) is 0 Å². The van der Waals surface area contributed by atoms with E-state index < -0.39 is 0 Å². The Hall–Kier alpha value is -2.36. The van der Waals surface area contributed by atoms with E-state index in [-0.39, 0.29) is 5.91 Å². The number of H-pyrrole nitrogens is 1. The Balaban J connectivity index is 2.11. The Labute approximate surface area is 99.4 Å². The van der Waals surface area contributed by atoms with E-state index in [0.717, 1.165) is 17.1 Å². The fourth-order valence-electron chi connectivity index (χ4n) is 1.47. The number of allylic oxidation sites excluding steroid dienone is 1. The normalized spacial score (nSPS) is 10.6. The molecule has 0 aliphatic carbocycles. The molecule has 0 saturated heterocycles. The predicted octanol–water partition coefficient (Wildman–Crippen LogP) is 2.59. The van der Waals surface area contributed by atoms with Crippen LogP contribution in [0.15, 0.2) is 48.8 Å². The Morgan fingerprint density at radius 3 is 2.71 bits per heavy atom. The number of nitrogens with one attached hydrogen (secondary N) is 2. The van der Waals surface area contributed by atoms with Gasteiger partial charge in [0.15, 0.2) is 0 Å². The van der Waals surface area contributed by atoms with Gasteiger partial charge in [0.2, 0.25) is 5.91 Å². The molecule has 0 saturated carbocycles. The van der Waals surface area contributed by atoms with Crippen LogP contribution in [-0.2, 0) is 4.79 Å². The number of carbonyl (C=O) groups excluding carboxylic acids is 1. The summed E-state index contributed by atoms with van der Waals surface area (Å²) in [5.41, 5.74) is 1.75. The molecule has 0 radical (unpaired) electrons. The van der Waals surface area contributed by atoms with Crippen LogP contribution in [0.3, 0.4) is 0 Å². The molecule has 4 heteroatoms. The van der Waals surface area contributed by atoms with Gasteiger partial charge in [-0.25, -0.2) is 4.98 Å². The van der Waals surface area contributed by atoms with E-state index in [9.17, 15) is 4.79 Å². The quantitative estimate of drug-likeness (QED) is 0.792. The van der Waals surface area contributed by atoms with E-state index in [1.807, 2.05) is 24.3 Å². The summed E-state index contributed by atoms with van der Waals surface area (Å²) in [7, 11) is 0. The van der Waals surface area contributed by atoms with Gasteiger partial charge in [-0.05, 0) is 37.3 Å². The summed E-state index contributed by atoms with van der Waals surface area (Å²) in [5, 5.41) is 2.76. The van der Waals surface area contributed by atoms with Crippen molar-refractivity contribution in [2.75, 3.05) is 5.32 Å². The molecule has 1 aromatic heterocycles. The van der Waals surface area contributed by atoms with Crippen LogP contribution in [0.1, 0.15) is 6.92 Å². The van der Waals surface area contributed by atoms with E-state index in [1.54, 1.807) is 25.4 Å². The molecule has 17 heavy (non-hydrogen) atoms. The zero-order valence-corrected chi connectivity index (χ0v) is 9.47. The van der Waals surface area contributed by atoms with Crippen molar-refractivity contribution in [2.24, 2.45) is 0 Å². The van der Waals surface area contributed by atoms with Crippen molar-refractivity contribution in [2.45, 2.75) is 6.92 Å². The summed E-state index contributed by atoms with van der Waals surface area (Å²) in [6.07, 6.45) is 6.67. The van der Waals surface area contributed by atoms with E-state index in [1.165, 1.54) is 6.08 Å². The standard InChI is InChI=1S/C13H13N3O/c1-2-3-12(17)16-11-6-4-10(5-7-11)13-14-8-9-15-13/h2-9H,1H3,(H,14,15)(H,16,17)/b3-2+. The molecule has 4 nitrogen and oxygen atoms in total. The minimum atomic E-state index is -0.127. The van der Waals surface area contributed by atoms with Gasteiger partial charge in [0.1, 0.15) is 5.82 Å². The lowest BCUT2D eigenvalue weighted by atomic mass is 10.2. The van der Waals surface area contributed by atoms with Crippen LogP contribution >= 0.6 is 0 Å². The summed E-state index contributed by atoms with van der Waals surface area (Å²) >= 11 is 0. The van der Waals surface area contributed by atoms with Gasteiger partial charge >= 0.3 is 0 Å². The lowest BCUT2D eigenvalue weighted by Crippen LogP contribution is -2.07. The van der Waals surface area contributed by atoms with Gasteiger partial charge in [0, 0.05) is 23.6 Å². The first-order valence-electron chi connectivity index (χ1n) is 5.33. The summed E-state index contributed by atoms with van der Waals surface area (Å²) in [5.74, 6) is 0.689. The van der Waals surface area contributed by atoms with Gasteiger partial charge < -0.3 is 10.3 Å². The molecule has 0 unspecified atom stereocenters. The molecule has 0 aliphatic rings. The van der Waals surface area contributed by atoms with E-state index in [2.05, 4.69) is 15.3 Å². The van der Waals surface area contributed by atoms with Crippen molar-refractivity contribution in [3.05, 3.63) is 48.8 Å². The minimum Gasteiger partial charge on any atom is -0.345 e. The molecule has 0 atom stereocenters. The maximum Gasteiger partial charge on any atom is 0.248 e. The topological polar surface area (TPSA) is 57.8 Å². The van der Waals surface area contributed by atoms with Crippen LogP contribution in [-0.4, -0.2) is 15.9 Å². The third-order valence-corrected chi connectivity index (χ3v) is 2.24. The fraction of sp³-hybridized carbons (Fsp3) is 0.0769. The first-order chi connectivity index (χ1) is 8.29. The number of imidazole rings is 1. The highest BCUT2D eigenvalue weighted by molar-refractivity contribution is 5.99. The SMILES string of the molecule is C/C=C/C(=O)Nc1ccc(-c2ncc[nH]2)cc1. The van der Waals surface area contributed by atoms with Crippen LogP contribution in [0.4, 0.5) is 5.69 Å². The Morgan fingerprint density at radius 1 is 1.35 bits per heavy atom. The van der Waals surface area contributed by atoms with Crippen LogP contribution < -0.4 is 5.32 Å². The van der Waals surface area contributed by atoms with Gasteiger partial charge in [-0.1, -0.05) is 6.08 Å². The van der Waals surface area contributed by atoms with E-state index in [0.29, 0.717) is 0 Å².